The van der Waals surface area contributed by atoms with Gasteiger partial charge in [-0.15, -0.1) is 0 Å². The molecule has 0 aliphatic rings. The molecule has 0 fully saturated rings. The van der Waals surface area contributed by atoms with Gasteiger partial charge in [-0.1, -0.05) is 11.8 Å². The summed E-state index contributed by atoms with van der Waals surface area (Å²) in [5, 5.41) is -0.0900. The number of methoxy groups -OCH3 is 1. The summed E-state index contributed by atoms with van der Waals surface area (Å²) in [6, 6.07) is 1.67. The van der Waals surface area contributed by atoms with Crippen LogP contribution in [0, 0.1) is 0 Å². The largest absolute Gasteiger partial charge is 0.467 e. The van der Waals surface area contributed by atoms with Crippen LogP contribution in [0.15, 0.2) is 23.6 Å². The number of nitrogens with two attached hydrogens (primary N) is 1. The third-order valence-electron chi connectivity index (χ3n) is 1.24. The Hall–Kier alpha value is -1.14. The first-order valence-electron chi connectivity index (χ1n) is 3.50. The van der Waals surface area contributed by atoms with E-state index in [0.717, 1.165) is 11.8 Å². The molecule has 1 aromatic heterocycles. The van der Waals surface area contributed by atoms with Gasteiger partial charge >= 0.3 is 5.97 Å². The number of ether oxygens (including phenoxy) is 1. The molecule has 0 spiro atoms. The normalized spacial score (nSPS) is 12.2. The topological polar surface area (TPSA) is 78.1 Å². The van der Waals surface area contributed by atoms with Gasteiger partial charge in [0.05, 0.1) is 7.11 Å². The minimum absolute atomic E-state index is 0.469. The second-order valence-corrected chi connectivity index (χ2v) is 3.27. The van der Waals surface area contributed by atoms with Gasteiger partial charge in [0, 0.05) is 6.20 Å². The Kier molecular flexibility index (Phi) is 3.66. The van der Waals surface area contributed by atoms with Crippen LogP contribution in [0.2, 0.25) is 0 Å². The van der Waals surface area contributed by atoms with Crippen molar-refractivity contribution in [2.45, 2.75) is 10.4 Å². The fraction of sp³-hybridized carbons (Fsp3) is 0.286. The molecule has 70 valence electrons. The number of thioether (sulfide) groups is 1. The van der Waals surface area contributed by atoms with Gasteiger partial charge in [-0.25, -0.2) is 14.8 Å². The number of nitrogens with zero attached hydrogens (tertiary/aromatic N) is 2. The lowest BCUT2D eigenvalue weighted by Crippen LogP contribution is -2.27. The zero-order chi connectivity index (χ0) is 9.68. The Balaban J connectivity index is 2.55. The molecule has 0 aliphatic carbocycles. The molecule has 1 rings (SSSR count). The highest BCUT2D eigenvalue weighted by Crippen LogP contribution is 2.17. The minimum Gasteiger partial charge on any atom is -0.467 e. The molecule has 0 aliphatic heterocycles. The summed E-state index contributed by atoms with van der Waals surface area (Å²) in [5.41, 5.74) is 5.49. The Morgan fingerprint density at radius 1 is 1.77 bits per heavy atom. The van der Waals surface area contributed by atoms with Crippen molar-refractivity contribution in [3.8, 4) is 0 Å². The minimum atomic E-state index is -0.736. The van der Waals surface area contributed by atoms with Crippen molar-refractivity contribution in [3.63, 3.8) is 0 Å². The highest BCUT2D eigenvalue weighted by molar-refractivity contribution is 8.00. The summed E-state index contributed by atoms with van der Waals surface area (Å²) in [5.74, 6) is -0.469. The Morgan fingerprint density at radius 2 is 2.54 bits per heavy atom. The molecule has 0 saturated heterocycles. The van der Waals surface area contributed by atoms with E-state index in [1.807, 2.05) is 0 Å². The Morgan fingerprint density at radius 3 is 3.08 bits per heavy atom. The van der Waals surface area contributed by atoms with Gasteiger partial charge < -0.3 is 10.5 Å². The van der Waals surface area contributed by atoms with Crippen molar-refractivity contribution in [2.24, 2.45) is 5.73 Å². The predicted octanol–water partition coefficient (Wildman–Crippen LogP) is 0.0265. The van der Waals surface area contributed by atoms with Crippen molar-refractivity contribution < 1.29 is 9.53 Å². The van der Waals surface area contributed by atoms with Crippen LogP contribution in [0.1, 0.15) is 0 Å². The van der Waals surface area contributed by atoms with Crippen molar-refractivity contribution in [1.82, 2.24) is 9.97 Å². The highest BCUT2D eigenvalue weighted by atomic mass is 32.2. The van der Waals surface area contributed by atoms with Crippen LogP contribution in [0.5, 0.6) is 0 Å². The van der Waals surface area contributed by atoms with Gasteiger partial charge in [0.25, 0.3) is 0 Å². The number of carbonyl (C=O) groups excluding carboxylic acids is 1. The van der Waals surface area contributed by atoms with Gasteiger partial charge in [0.1, 0.15) is 11.4 Å². The van der Waals surface area contributed by atoms with E-state index in [9.17, 15) is 4.79 Å². The molecular weight excluding hydrogens is 190 g/mol. The fourth-order valence-corrected chi connectivity index (χ4v) is 1.34. The quantitative estimate of drug-likeness (QED) is 0.320. The number of hydrogen-bond acceptors (Lipinski definition) is 6. The third kappa shape index (κ3) is 3.00. The summed E-state index contributed by atoms with van der Waals surface area (Å²) in [4.78, 5) is 18.5. The lowest BCUT2D eigenvalue weighted by atomic mass is 10.7. The molecular formula is C7H9N3O2S. The van der Waals surface area contributed by atoms with Crippen LogP contribution in [-0.2, 0) is 9.53 Å². The van der Waals surface area contributed by atoms with Crippen LogP contribution in [-0.4, -0.2) is 28.4 Å². The van der Waals surface area contributed by atoms with Gasteiger partial charge in [0.15, 0.2) is 5.37 Å². The average molecular weight is 199 g/mol. The third-order valence-corrected chi connectivity index (χ3v) is 2.17. The molecule has 0 aromatic carbocycles. The highest BCUT2D eigenvalue weighted by Gasteiger charge is 2.15. The van der Waals surface area contributed by atoms with Crippen LogP contribution in [0.25, 0.3) is 0 Å². The predicted molar refractivity (Wildman–Crippen MR) is 47.9 cm³/mol. The lowest BCUT2D eigenvalue weighted by Gasteiger charge is -2.06. The second-order valence-electron chi connectivity index (χ2n) is 2.11. The molecule has 13 heavy (non-hydrogen) atoms. The van der Waals surface area contributed by atoms with Crippen molar-refractivity contribution >= 4 is 17.7 Å². The molecule has 1 heterocycles. The fourth-order valence-electron chi connectivity index (χ4n) is 0.643. The lowest BCUT2D eigenvalue weighted by molar-refractivity contribution is -0.139. The first-order valence-corrected chi connectivity index (χ1v) is 4.38. The summed E-state index contributed by atoms with van der Waals surface area (Å²) >= 11 is 1.13. The van der Waals surface area contributed by atoms with E-state index in [-0.39, 0.29) is 0 Å². The van der Waals surface area contributed by atoms with E-state index in [2.05, 4.69) is 14.7 Å². The monoisotopic (exact) mass is 199 g/mol. The average Bonchev–Trinajstić information content (AvgIpc) is 2.18. The molecule has 2 N–H and O–H groups in total. The summed E-state index contributed by atoms with van der Waals surface area (Å²) < 4.78 is 4.46. The van der Waals surface area contributed by atoms with E-state index in [4.69, 9.17) is 5.73 Å². The number of aromatic nitrogens is 2. The Bertz CT molecular complexity index is 280. The zero-order valence-corrected chi connectivity index (χ0v) is 7.82. The van der Waals surface area contributed by atoms with Crippen LogP contribution in [0.3, 0.4) is 0 Å². The number of rotatable bonds is 3. The first-order chi connectivity index (χ1) is 6.24. The molecule has 6 heteroatoms. The summed E-state index contributed by atoms with van der Waals surface area (Å²) in [6.07, 6.45) is 2.98. The maximum atomic E-state index is 10.9. The first kappa shape index (κ1) is 9.94. The maximum Gasteiger partial charge on any atom is 0.333 e. The van der Waals surface area contributed by atoms with Crippen molar-refractivity contribution in [1.29, 1.82) is 0 Å². The Labute approximate surface area is 79.7 Å². The number of esters is 1. The smallest absolute Gasteiger partial charge is 0.333 e. The van der Waals surface area contributed by atoms with Crippen LogP contribution < -0.4 is 5.73 Å². The molecule has 0 amide bonds. The zero-order valence-electron chi connectivity index (χ0n) is 7.01. The standard InChI is InChI=1S/C7H9N3O2S/c1-12-7(11)6(8)13-5-2-3-9-4-10-5/h2-4,6H,8H2,1H3. The van der Waals surface area contributed by atoms with E-state index in [1.165, 1.54) is 13.4 Å². The van der Waals surface area contributed by atoms with Gasteiger partial charge in [0.2, 0.25) is 0 Å². The van der Waals surface area contributed by atoms with Gasteiger partial charge in [-0.3, -0.25) is 0 Å². The summed E-state index contributed by atoms with van der Waals surface area (Å²) in [6.45, 7) is 0. The molecule has 1 atom stereocenters. The van der Waals surface area contributed by atoms with Crippen molar-refractivity contribution in [3.05, 3.63) is 18.6 Å². The van der Waals surface area contributed by atoms with Gasteiger partial charge in [-0.2, -0.15) is 0 Å². The molecule has 0 bridgehead atoms. The van der Waals surface area contributed by atoms with Gasteiger partial charge in [-0.05, 0) is 6.07 Å². The molecule has 1 unspecified atom stereocenters. The summed E-state index contributed by atoms with van der Waals surface area (Å²) in [7, 11) is 1.29. The van der Waals surface area contributed by atoms with E-state index >= 15 is 0 Å². The van der Waals surface area contributed by atoms with E-state index in [0.29, 0.717) is 5.03 Å². The number of carbonyl (C=O) groups is 1. The molecule has 5 nitrogen and oxygen atoms in total. The SMILES string of the molecule is COC(=O)C(N)Sc1ccncn1. The number of hydrogen-bond donors (Lipinski definition) is 1. The second kappa shape index (κ2) is 4.78. The molecule has 0 saturated carbocycles. The molecule has 1 aromatic rings. The van der Waals surface area contributed by atoms with Crippen LogP contribution in [0.4, 0.5) is 0 Å². The van der Waals surface area contributed by atoms with E-state index < -0.39 is 11.3 Å². The maximum absolute atomic E-state index is 10.9. The van der Waals surface area contributed by atoms with Crippen LogP contribution >= 0.6 is 11.8 Å². The molecule has 0 radical (unpaired) electrons. The van der Waals surface area contributed by atoms with Crippen molar-refractivity contribution in [2.75, 3.05) is 7.11 Å². The van der Waals surface area contributed by atoms with E-state index in [1.54, 1.807) is 12.3 Å².